The lowest BCUT2D eigenvalue weighted by Gasteiger charge is -2.24. The van der Waals surface area contributed by atoms with E-state index in [0.717, 1.165) is 24.8 Å². The molecule has 0 saturated heterocycles. The fourth-order valence-corrected chi connectivity index (χ4v) is 3.07. The highest BCUT2D eigenvalue weighted by Gasteiger charge is 2.29. The van der Waals surface area contributed by atoms with Gasteiger partial charge in [-0.25, -0.2) is 4.39 Å². The summed E-state index contributed by atoms with van der Waals surface area (Å²) in [7, 11) is 1.41. The third-order valence-corrected chi connectivity index (χ3v) is 4.13. The predicted octanol–water partition coefficient (Wildman–Crippen LogP) is 4.14. The van der Waals surface area contributed by atoms with Gasteiger partial charge < -0.3 is 4.74 Å². The van der Waals surface area contributed by atoms with Crippen LogP contribution in [-0.4, -0.2) is 12.9 Å². The van der Waals surface area contributed by atoms with E-state index in [2.05, 4.69) is 6.07 Å². The van der Waals surface area contributed by atoms with Crippen molar-refractivity contribution in [3.63, 3.8) is 0 Å². The zero-order chi connectivity index (χ0) is 14.8. The minimum absolute atomic E-state index is 0.116. The molecule has 3 heteroatoms. The van der Waals surface area contributed by atoms with Crippen molar-refractivity contribution in [2.75, 3.05) is 7.11 Å². The van der Waals surface area contributed by atoms with Gasteiger partial charge in [-0.2, -0.15) is 0 Å². The quantitative estimate of drug-likeness (QED) is 0.792. The van der Waals surface area contributed by atoms with Crippen molar-refractivity contribution >= 4 is 5.78 Å². The van der Waals surface area contributed by atoms with Gasteiger partial charge in [-0.3, -0.25) is 4.79 Å². The van der Waals surface area contributed by atoms with Crippen LogP contribution in [0.4, 0.5) is 4.39 Å². The van der Waals surface area contributed by atoms with Crippen molar-refractivity contribution in [1.82, 2.24) is 0 Å². The highest BCUT2D eigenvalue weighted by atomic mass is 19.1. The third kappa shape index (κ3) is 2.44. The molecule has 0 aromatic heterocycles. The molecular weight excluding hydrogens is 267 g/mol. The molecule has 0 aliphatic heterocycles. The normalized spacial score (nSPS) is 17.1. The Balaban J connectivity index is 2.01. The number of benzene rings is 2. The zero-order valence-electron chi connectivity index (χ0n) is 11.9. The van der Waals surface area contributed by atoms with E-state index >= 15 is 0 Å². The zero-order valence-corrected chi connectivity index (χ0v) is 11.9. The minimum Gasteiger partial charge on any atom is -0.494 e. The summed E-state index contributed by atoms with van der Waals surface area (Å²) in [5, 5.41) is 0. The Kier molecular flexibility index (Phi) is 3.74. The molecule has 0 saturated carbocycles. The summed E-state index contributed by atoms with van der Waals surface area (Å²) in [5.74, 6) is -0.854. The second-order valence-corrected chi connectivity index (χ2v) is 5.33. The highest BCUT2D eigenvalue weighted by Crippen LogP contribution is 2.35. The number of carbonyl (C=O) groups is 1. The predicted molar refractivity (Wildman–Crippen MR) is 79.4 cm³/mol. The van der Waals surface area contributed by atoms with Gasteiger partial charge in [-0.15, -0.1) is 0 Å². The Labute approximate surface area is 123 Å². The van der Waals surface area contributed by atoms with Gasteiger partial charge >= 0.3 is 0 Å². The summed E-state index contributed by atoms with van der Waals surface area (Å²) in [6.07, 6.45) is 2.71. The molecule has 0 spiro atoms. The molecule has 1 aliphatic rings. The van der Waals surface area contributed by atoms with E-state index in [1.54, 1.807) is 6.07 Å². The van der Waals surface area contributed by atoms with Gasteiger partial charge in [0.05, 0.1) is 12.7 Å². The second kappa shape index (κ2) is 5.68. The molecule has 1 aliphatic carbocycles. The highest BCUT2D eigenvalue weighted by molar-refractivity contribution is 6.01. The first kappa shape index (κ1) is 13.8. The number of fused-ring (bicyclic) bond motifs is 1. The first-order chi connectivity index (χ1) is 10.2. The number of hydrogen-bond acceptors (Lipinski definition) is 2. The average Bonchev–Trinajstić information content (AvgIpc) is 2.54. The molecule has 108 valence electrons. The van der Waals surface area contributed by atoms with Crippen LogP contribution in [0.15, 0.2) is 42.5 Å². The van der Waals surface area contributed by atoms with Crippen LogP contribution < -0.4 is 4.74 Å². The molecule has 2 aromatic carbocycles. The van der Waals surface area contributed by atoms with E-state index in [0.29, 0.717) is 0 Å². The van der Waals surface area contributed by atoms with Gasteiger partial charge in [0.25, 0.3) is 0 Å². The SMILES string of the molecule is COc1cccc(C(=O)C2CCCc3ccccc32)c1F. The summed E-state index contributed by atoms with van der Waals surface area (Å²) >= 11 is 0. The van der Waals surface area contributed by atoms with Crippen LogP contribution in [0, 0.1) is 5.82 Å². The van der Waals surface area contributed by atoms with Crippen molar-refractivity contribution in [3.8, 4) is 5.75 Å². The van der Waals surface area contributed by atoms with Crippen LogP contribution in [0.1, 0.15) is 40.2 Å². The number of rotatable bonds is 3. The van der Waals surface area contributed by atoms with Gasteiger partial charge in [-0.1, -0.05) is 30.3 Å². The number of Topliss-reactive ketones (excluding diaryl/α,β-unsaturated/α-hetero) is 1. The van der Waals surface area contributed by atoms with Crippen molar-refractivity contribution in [1.29, 1.82) is 0 Å². The van der Waals surface area contributed by atoms with E-state index < -0.39 is 5.82 Å². The molecule has 3 rings (SSSR count). The fourth-order valence-electron chi connectivity index (χ4n) is 3.07. The molecule has 0 heterocycles. The van der Waals surface area contributed by atoms with Crippen LogP contribution in [0.5, 0.6) is 5.75 Å². The number of carbonyl (C=O) groups excluding carboxylic acids is 1. The van der Waals surface area contributed by atoms with Crippen LogP contribution >= 0.6 is 0 Å². The first-order valence-electron chi connectivity index (χ1n) is 7.17. The Morgan fingerprint density at radius 3 is 2.81 bits per heavy atom. The van der Waals surface area contributed by atoms with E-state index in [9.17, 15) is 9.18 Å². The number of ketones is 1. The molecule has 2 aromatic rings. The van der Waals surface area contributed by atoms with Crippen molar-refractivity contribution in [2.45, 2.75) is 25.2 Å². The molecule has 0 amide bonds. The number of methoxy groups -OCH3 is 1. The Bertz CT molecular complexity index is 679. The second-order valence-electron chi connectivity index (χ2n) is 5.33. The fraction of sp³-hybridized carbons (Fsp3) is 0.278. The molecular formula is C18H17FO2. The summed E-state index contributed by atoms with van der Waals surface area (Å²) in [5.41, 5.74) is 2.36. The van der Waals surface area contributed by atoms with Gasteiger partial charge in [-0.05, 0) is 42.5 Å². The standard InChI is InChI=1S/C18H17FO2/c1-21-16-11-5-10-15(17(16)19)18(20)14-9-4-7-12-6-2-3-8-13(12)14/h2-3,5-6,8,10-11,14H,4,7,9H2,1H3. The van der Waals surface area contributed by atoms with E-state index in [1.807, 2.05) is 18.2 Å². The van der Waals surface area contributed by atoms with Crippen LogP contribution in [0.2, 0.25) is 0 Å². The summed E-state index contributed by atoms with van der Waals surface area (Å²) in [4.78, 5) is 12.8. The van der Waals surface area contributed by atoms with Crippen LogP contribution in [0.25, 0.3) is 0 Å². The monoisotopic (exact) mass is 284 g/mol. The lowest BCUT2D eigenvalue weighted by Crippen LogP contribution is -2.19. The number of hydrogen-bond donors (Lipinski definition) is 0. The lowest BCUT2D eigenvalue weighted by atomic mass is 9.79. The van der Waals surface area contributed by atoms with Crippen LogP contribution in [-0.2, 0) is 6.42 Å². The summed E-state index contributed by atoms with van der Waals surface area (Å²) in [6.45, 7) is 0. The molecule has 0 bridgehead atoms. The third-order valence-electron chi connectivity index (χ3n) is 4.13. The van der Waals surface area contributed by atoms with E-state index in [-0.39, 0.29) is 23.0 Å². The van der Waals surface area contributed by atoms with Crippen molar-refractivity contribution < 1.29 is 13.9 Å². The molecule has 0 N–H and O–H groups in total. The number of ether oxygens (including phenoxy) is 1. The van der Waals surface area contributed by atoms with Crippen LogP contribution in [0.3, 0.4) is 0 Å². The molecule has 0 radical (unpaired) electrons. The van der Waals surface area contributed by atoms with Gasteiger partial charge in [0, 0.05) is 5.92 Å². The maximum Gasteiger partial charge on any atom is 0.175 e. The van der Waals surface area contributed by atoms with E-state index in [1.165, 1.54) is 24.8 Å². The topological polar surface area (TPSA) is 26.3 Å². The van der Waals surface area contributed by atoms with Gasteiger partial charge in [0.1, 0.15) is 0 Å². The summed E-state index contributed by atoms with van der Waals surface area (Å²) in [6, 6.07) is 12.7. The first-order valence-corrected chi connectivity index (χ1v) is 7.17. The van der Waals surface area contributed by atoms with Gasteiger partial charge in [0.15, 0.2) is 17.3 Å². The molecule has 2 nitrogen and oxygen atoms in total. The largest absolute Gasteiger partial charge is 0.494 e. The number of halogens is 1. The summed E-state index contributed by atoms with van der Waals surface area (Å²) < 4.78 is 19.3. The minimum atomic E-state index is -0.562. The van der Waals surface area contributed by atoms with Crippen molar-refractivity contribution in [3.05, 3.63) is 65.0 Å². The van der Waals surface area contributed by atoms with Crippen molar-refractivity contribution in [2.24, 2.45) is 0 Å². The number of aryl methyl sites for hydroxylation is 1. The Morgan fingerprint density at radius 1 is 1.19 bits per heavy atom. The Hall–Kier alpha value is -2.16. The molecule has 1 unspecified atom stereocenters. The molecule has 1 atom stereocenters. The Morgan fingerprint density at radius 2 is 2.00 bits per heavy atom. The average molecular weight is 284 g/mol. The lowest BCUT2D eigenvalue weighted by molar-refractivity contribution is 0.0946. The maximum absolute atomic E-state index is 14.3. The smallest absolute Gasteiger partial charge is 0.175 e. The van der Waals surface area contributed by atoms with Gasteiger partial charge in [0.2, 0.25) is 0 Å². The molecule has 21 heavy (non-hydrogen) atoms. The maximum atomic E-state index is 14.3. The molecule has 0 fully saturated rings. The van der Waals surface area contributed by atoms with E-state index in [4.69, 9.17) is 4.74 Å².